The van der Waals surface area contributed by atoms with Crippen LogP contribution >= 0.6 is 11.6 Å². The fraction of sp³-hybridized carbons (Fsp3) is 0.500. The van der Waals surface area contributed by atoms with Crippen LogP contribution in [-0.4, -0.2) is 23.2 Å². The molecule has 0 aliphatic carbocycles. The lowest BCUT2D eigenvalue weighted by Gasteiger charge is -2.21. The summed E-state index contributed by atoms with van der Waals surface area (Å²) in [5.41, 5.74) is 0.281. The minimum atomic E-state index is -0.635. The summed E-state index contributed by atoms with van der Waals surface area (Å²) >= 11 is 5.77. The van der Waals surface area contributed by atoms with Gasteiger partial charge in [-0.2, -0.15) is 0 Å². The van der Waals surface area contributed by atoms with E-state index in [0.717, 1.165) is 0 Å². The second-order valence-corrected chi connectivity index (χ2v) is 7.02. The van der Waals surface area contributed by atoms with E-state index in [0.29, 0.717) is 11.3 Å². The number of amides is 2. The molecular formula is C16H23ClN2O2. The molecule has 0 heterocycles. The molecule has 0 aliphatic rings. The van der Waals surface area contributed by atoms with E-state index in [2.05, 4.69) is 10.6 Å². The van der Waals surface area contributed by atoms with Crippen molar-refractivity contribution < 1.29 is 9.59 Å². The van der Waals surface area contributed by atoms with E-state index in [1.165, 1.54) is 0 Å². The van der Waals surface area contributed by atoms with Crippen LogP contribution in [0.25, 0.3) is 0 Å². The molecule has 1 rings (SSSR count). The molecule has 0 saturated carbocycles. The number of carbonyl (C=O) groups excluding carboxylic acids is 2. The van der Waals surface area contributed by atoms with Crippen molar-refractivity contribution in [3.8, 4) is 0 Å². The third-order valence-corrected chi connectivity index (χ3v) is 3.51. The number of carbonyl (C=O) groups is 2. The summed E-state index contributed by atoms with van der Waals surface area (Å²) in [4.78, 5) is 24.0. The Balaban J connectivity index is 2.75. The molecule has 0 saturated heterocycles. The van der Waals surface area contributed by atoms with Gasteiger partial charge in [0.15, 0.2) is 0 Å². The molecule has 2 N–H and O–H groups in total. The molecule has 0 unspecified atom stereocenters. The van der Waals surface area contributed by atoms with Crippen molar-refractivity contribution in [2.45, 2.75) is 40.2 Å². The second kappa shape index (κ2) is 6.48. The zero-order chi connectivity index (χ0) is 16.3. The number of rotatable bonds is 4. The monoisotopic (exact) mass is 310 g/mol. The average Bonchev–Trinajstić information content (AvgIpc) is 2.37. The molecule has 1 aromatic rings. The Morgan fingerprint density at radius 2 is 1.57 bits per heavy atom. The lowest BCUT2D eigenvalue weighted by Crippen LogP contribution is -2.40. The van der Waals surface area contributed by atoms with Crippen molar-refractivity contribution in [2.24, 2.45) is 5.41 Å². The lowest BCUT2D eigenvalue weighted by molar-refractivity contribution is -0.122. The van der Waals surface area contributed by atoms with Crippen LogP contribution < -0.4 is 10.6 Å². The number of anilines is 1. The zero-order valence-corrected chi connectivity index (χ0v) is 14.0. The number of hydrogen-bond acceptors (Lipinski definition) is 2. The van der Waals surface area contributed by atoms with Crippen molar-refractivity contribution >= 4 is 29.1 Å². The Morgan fingerprint density at radius 1 is 1.05 bits per heavy atom. The summed E-state index contributed by atoms with van der Waals surface area (Å²) in [7, 11) is 0. The number of nitrogens with one attached hydrogen (secondary N) is 2. The molecule has 1 aromatic carbocycles. The van der Waals surface area contributed by atoms with Crippen LogP contribution in [0.1, 0.15) is 45.0 Å². The van der Waals surface area contributed by atoms with Crippen LogP contribution in [0.2, 0.25) is 0 Å². The summed E-state index contributed by atoms with van der Waals surface area (Å²) in [6.45, 7) is 9.33. The minimum Gasteiger partial charge on any atom is -0.347 e. The van der Waals surface area contributed by atoms with E-state index in [4.69, 9.17) is 11.6 Å². The Kier molecular flexibility index (Phi) is 5.40. The number of alkyl halides is 1. The van der Waals surface area contributed by atoms with E-state index in [1.807, 2.05) is 20.8 Å². The number of benzene rings is 1. The van der Waals surface area contributed by atoms with Gasteiger partial charge in [0.2, 0.25) is 5.91 Å². The second-order valence-electron chi connectivity index (χ2n) is 6.75. The van der Waals surface area contributed by atoms with Crippen LogP contribution in [0.15, 0.2) is 24.3 Å². The van der Waals surface area contributed by atoms with Crippen LogP contribution in [-0.2, 0) is 4.79 Å². The van der Waals surface area contributed by atoms with Gasteiger partial charge in [0.1, 0.15) is 0 Å². The van der Waals surface area contributed by atoms with Crippen molar-refractivity contribution in [3.63, 3.8) is 0 Å². The van der Waals surface area contributed by atoms with Gasteiger partial charge < -0.3 is 10.6 Å². The van der Waals surface area contributed by atoms with Crippen molar-refractivity contribution in [3.05, 3.63) is 29.8 Å². The van der Waals surface area contributed by atoms with Crippen LogP contribution in [0.4, 0.5) is 5.69 Å². The lowest BCUT2D eigenvalue weighted by atomic mass is 9.95. The molecule has 0 fully saturated rings. The molecule has 0 bridgehead atoms. The highest BCUT2D eigenvalue weighted by Gasteiger charge is 2.26. The third kappa shape index (κ3) is 5.38. The molecule has 4 nitrogen and oxygen atoms in total. The topological polar surface area (TPSA) is 58.2 Å². The van der Waals surface area contributed by atoms with Crippen LogP contribution in [0.5, 0.6) is 0 Å². The highest BCUT2D eigenvalue weighted by Crippen LogP contribution is 2.20. The number of halogens is 1. The van der Waals surface area contributed by atoms with Gasteiger partial charge in [0, 0.05) is 22.7 Å². The van der Waals surface area contributed by atoms with E-state index >= 15 is 0 Å². The predicted octanol–water partition coefficient (Wildman–Crippen LogP) is 3.42. The highest BCUT2D eigenvalue weighted by atomic mass is 35.5. The summed E-state index contributed by atoms with van der Waals surface area (Å²) in [5, 5.41) is 5.68. The Morgan fingerprint density at radius 3 is 2.00 bits per heavy atom. The quantitative estimate of drug-likeness (QED) is 0.837. The summed E-state index contributed by atoms with van der Waals surface area (Å²) in [5.74, 6) is -0.0453. The average molecular weight is 311 g/mol. The summed E-state index contributed by atoms with van der Waals surface area (Å²) in [6.07, 6.45) is 0. The first-order chi connectivity index (χ1) is 9.55. The molecule has 0 aliphatic heterocycles. The zero-order valence-electron chi connectivity index (χ0n) is 13.2. The molecule has 21 heavy (non-hydrogen) atoms. The van der Waals surface area contributed by atoms with Crippen molar-refractivity contribution in [2.75, 3.05) is 11.2 Å². The highest BCUT2D eigenvalue weighted by molar-refractivity contribution is 6.20. The third-order valence-electron chi connectivity index (χ3n) is 2.84. The Labute approximate surface area is 131 Å². The van der Waals surface area contributed by atoms with E-state index in [9.17, 15) is 9.59 Å². The van der Waals surface area contributed by atoms with Crippen molar-refractivity contribution in [1.82, 2.24) is 5.32 Å². The van der Waals surface area contributed by atoms with E-state index < -0.39 is 5.41 Å². The van der Waals surface area contributed by atoms with Gasteiger partial charge in [-0.3, -0.25) is 9.59 Å². The maximum atomic E-state index is 12.0. The molecule has 0 atom stereocenters. The molecule has 0 spiro atoms. The maximum absolute atomic E-state index is 12.0. The normalized spacial score (nSPS) is 11.9. The first-order valence-electron chi connectivity index (χ1n) is 6.85. The van der Waals surface area contributed by atoms with Crippen LogP contribution in [0, 0.1) is 5.41 Å². The van der Waals surface area contributed by atoms with Crippen LogP contribution in [0.3, 0.4) is 0 Å². The van der Waals surface area contributed by atoms with Gasteiger partial charge in [-0.25, -0.2) is 0 Å². The molecule has 0 radical (unpaired) electrons. The van der Waals surface area contributed by atoms with Gasteiger partial charge in [-0.1, -0.05) is 0 Å². The van der Waals surface area contributed by atoms with E-state index in [-0.39, 0.29) is 23.2 Å². The van der Waals surface area contributed by atoms with Crippen molar-refractivity contribution in [1.29, 1.82) is 0 Å². The van der Waals surface area contributed by atoms with E-state index in [1.54, 1.807) is 38.1 Å². The molecule has 0 aromatic heterocycles. The maximum Gasteiger partial charge on any atom is 0.251 e. The smallest absolute Gasteiger partial charge is 0.251 e. The standard InChI is InChI=1S/C16H23ClN2O2/c1-15(2,3)19-13(20)11-6-8-12(9-7-11)18-14(21)16(4,5)10-17/h6-9H,10H2,1-5H3,(H,18,21)(H,19,20). The largest absolute Gasteiger partial charge is 0.347 e. The van der Waals surface area contributed by atoms with Gasteiger partial charge in [-0.15, -0.1) is 11.6 Å². The molecule has 2 amide bonds. The van der Waals surface area contributed by atoms with Gasteiger partial charge in [-0.05, 0) is 58.9 Å². The first kappa shape index (κ1) is 17.5. The predicted molar refractivity (Wildman–Crippen MR) is 86.8 cm³/mol. The van der Waals surface area contributed by atoms with Gasteiger partial charge >= 0.3 is 0 Å². The minimum absolute atomic E-state index is 0.138. The molecular weight excluding hydrogens is 288 g/mol. The van der Waals surface area contributed by atoms with Gasteiger partial charge in [0.25, 0.3) is 5.91 Å². The fourth-order valence-electron chi connectivity index (χ4n) is 1.48. The van der Waals surface area contributed by atoms with Gasteiger partial charge in [0.05, 0.1) is 5.41 Å². The SMILES string of the molecule is CC(C)(C)NC(=O)c1ccc(NC(=O)C(C)(C)CCl)cc1. The molecule has 5 heteroatoms. The Hall–Kier alpha value is -1.55. The summed E-state index contributed by atoms with van der Waals surface area (Å²) < 4.78 is 0. The summed E-state index contributed by atoms with van der Waals surface area (Å²) in [6, 6.07) is 6.79. The Bertz CT molecular complexity index is 516. The number of hydrogen-bond donors (Lipinski definition) is 2. The fourth-order valence-corrected chi connectivity index (χ4v) is 1.60. The first-order valence-corrected chi connectivity index (χ1v) is 7.38. The molecule has 116 valence electrons.